The van der Waals surface area contributed by atoms with Crippen LogP contribution < -0.4 is 0 Å². The molecular weight excluding hydrogens is 379 g/mol. The van der Waals surface area contributed by atoms with Gasteiger partial charge in [-0.1, -0.05) is 18.2 Å². The third kappa shape index (κ3) is 4.10. The van der Waals surface area contributed by atoms with Crippen LogP contribution in [0.15, 0.2) is 48.8 Å². The second-order valence-corrected chi connectivity index (χ2v) is 8.45. The summed E-state index contributed by atoms with van der Waals surface area (Å²) in [6.07, 6.45) is 3.69. The summed E-state index contributed by atoms with van der Waals surface area (Å²) in [5, 5.41) is 0. The third-order valence-corrected chi connectivity index (χ3v) is 6.25. The smallest absolute Gasteiger partial charge is 0.253 e. The van der Waals surface area contributed by atoms with Crippen molar-refractivity contribution in [2.45, 2.75) is 45.3 Å². The van der Waals surface area contributed by atoms with Crippen LogP contribution in [-0.4, -0.2) is 57.5 Å². The molecule has 2 aromatic carbocycles. The maximum atomic E-state index is 13.8. The monoisotopic (exact) mass is 408 g/mol. The average Bonchev–Trinajstić information content (AvgIpc) is 3.17. The minimum Gasteiger partial charge on any atom is -0.339 e. The highest BCUT2D eigenvalue weighted by atomic mass is 19.1. The van der Waals surface area contributed by atoms with Gasteiger partial charge >= 0.3 is 0 Å². The number of carbonyl (C=O) groups is 1. The largest absolute Gasteiger partial charge is 0.339 e. The van der Waals surface area contributed by atoms with Crippen molar-refractivity contribution < 1.29 is 9.18 Å². The molecule has 0 bridgehead atoms. The number of nitrogens with zero attached hydrogens (tertiary/aromatic N) is 4. The number of aromatic nitrogens is 2. The van der Waals surface area contributed by atoms with Gasteiger partial charge in [0.15, 0.2) is 5.82 Å². The van der Waals surface area contributed by atoms with Crippen LogP contribution in [0.3, 0.4) is 0 Å². The summed E-state index contributed by atoms with van der Waals surface area (Å²) < 4.78 is 15.8. The van der Waals surface area contributed by atoms with E-state index in [0.717, 1.165) is 37.0 Å². The van der Waals surface area contributed by atoms with Crippen molar-refractivity contribution in [3.8, 4) is 0 Å². The lowest BCUT2D eigenvalue weighted by Crippen LogP contribution is -2.47. The molecule has 1 aliphatic rings. The lowest BCUT2D eigenvalue weighted by atomic mass is 10.0. The summed E-state index contributed by atoms with van der Waals surface area (Å²) in [4.78, 5) is 21.5. The summed E-state index contributed by atoms with van der Waals surface area (Å²) >= 11 is 0. The SMILES string of the molecule is CC(C)N1CCC(N(C)C(=O)c2ccc(Cn3cnc4c(F)cccc43)cc2)CC1. The maximum Gasteiger partial charge on any atom is 0.253 e. The Morgan fingerprint density at radius 2 is 1.87 bits per heavy atom. The van der Waals surface area contributed by atoms with E-state index in [9.17, 15) is 9.18 Å². The molecule has 6 heteroatoms. The molecule has 1 aliphatic heterocycles. The number of amides is 1. The first-order valence-corrected chi connectivity index (χ1v) is 10.6. The molecule has 3 aromatic rings. The summed E-state index contributed by atoms with van der Waals surface area (Å²) in [6, 6.07) is 13.5. The molecule has 1 fully saturated rings. The van der Waals surface area contributed by atoms with Crippen molar-refractivity contribution in [1.82, 2.24) is 19.4 Å². The van der Waals surface area contributed by atoms with Gasteiger partial charge in [-0.3, -0.25) is 4.79 Å². The summed E-state index contributed by atoms with van der Waals surface area (Å²) in [5.41, 5.74) is 2.90. The molecule has 0 unspecified atom stereocenters. The fourth-order valence-electron chi connectivity index (χ4n) is 4.29. The summed E-state index contributed by atoms with van der Waals surface area (Å²) in [5.74, 6) is -0.242. The van der Waals surface area contributed by atoms with E-state index in [2.05, 4.69) is 23.7 Å². The van der Waals surface area contributed by atoms with E-state index in [0.29, 0.717) is 29.7 Å². The number of halogens is 1. The van der Waals surface area contributed by atoms with Gasteiger partial charge in [-0.25, -0.2) is 9.37 Å². The Hall–Kier alpha value is -2.73. The predicted octanol–water partition coefficient (Wildman–Crippen LogP) is 4.17. The van der Waals surface area contributed by atoms with Crippen molar-refractivity contribution in [1.29, 1.82) is 0 Å². The number of fused-ring (bicyclic) bond motifs is 1. The molecule has 0 radical (unpaired) electrons. The lowest BCUT2D eigenvalue weighted by molar-refractivity contribution is 0.0615. The molecule has 1 amide bonds. The van der Waals surface area contributed by atoms with Crippen LogP contribution in [0.2, 0.25) is 0 Å². The standard InChI is InChI=1S/C24H29FN4O/c1-17(2)28-13-11-20(12-14-28)27(3)24(30)19-9-7-18(8-10-19)15-29-16-26-23-21(25)5-4-6-22(23)29/h4-10,16-17,20H,11-15H2,1-3H3. The molecule has 5 nitrogen and oxygen atoms in total. The van der Waals surface area contributed by atoms with E-state index in [-0.39, 0.29) is 11.7 Å². The maximum absolute atomic E-state index is 13.8. The van der Waals surface area contributed by atoms with Crippen LogP contribution in [-0.2, 0) is 6.54 Å². The molecule has 158 valence electrons. The van der Waals surface area contributed by atoms with E-state index in [1.807, 2.05) is 46.8 Å². The average molecular weight is 409 g/mol. The van der Waals surface area contributed by atoms with Gasteiger partial charge in [0.05, 0.1) is 11.8 Å². The number of rotatable bonds is 5. The third-order valence-electron chi connectivity index (χ3n) is 6.25. The highest BCUT2D eigenvalue weighted by Gasteiger charge is 2.26. The Bertz CT molecular complexity index is 1020. The molecule has 0 saturated carbocycles. The number of likely N-dealkylation sites (tertiary alicyclic amines) is 1. The fourth-order valence-corrected chi connectivity index (χ4v) is 4.29. The van der Waals surface area contributed by atoms with Crippen molar-refractivity contribution in [2.75, 3.05) is 20.1 Å². The first-order valence-electron chi connectivity index (χ1n) is 10.6. The van der Waals surface area contributed by atoms with Crippen molar-refractivity contribution in [3.05, 3.63) is 65.7 Å². The van der Waals surface area contributed by atoms with Crippen LogP contribution >= 0.6 is 0 Å². The molecule has 30 heavy (non-hydrogen) atoms. The van der Waals surface area contributed by atoms with Crippen molar-refractivity contribution >= 4 is 16.9 Å². The molecule has 0 N–H and O–H groups in total. The number of para-hydroxylation sites is 1. The first kappa shape index (κ1) is 20.5. The van der Waals surface area contributed by atoms with Gasteiger partial charge in [0.1, 0.15) is 5.52 Å². The van der Waals surface area contributed by atoms with E-state index >= 15 is 0 Å². The zero-order valence-electron chi connectivity index (χ0n) is 17.9. The molecule has 4 rings (SSSR count). The van der Waals surface area contributed by atoms with Gasteiger partial charge in [-0.2, -0.15) is 0 Å². The number of hydrogen-bond donors (Lipinski definition) is 0. The molecule has 1 saturated heterocycles. The number of carbonyl (C=O) groups excluding carboxylic acids is 1. The summed E-state index contributed by atoms with van der Waals surface area (Å²) in [7, 11) is 1.91. The highest BCUT2D eigenvalue weighted by molar-refractivity contribution is 5.94. The van der Waals surface area contributed by atoms with E-state index in [1.54, 1.807) is 12.4 Å². The molecule has 2 heterocycles. The minimum absolute atomic E-state index is 0.0692. The number of hydrogen-bond acceptors (Lipinski definition) is 3. The van der Waals surface area contributed by atoms with Gasteiger partial charge in [0.2, 0.25) is 0 Å². The molecule has 0 aliphatic carbocycles. The zero-order chi connectivity index (χ0) is 21.3. The zero-order valence-corrected chi connectivity index (χ0v) is 17.9. The van der Waals surface area contributed by atoms with E-state index in [1.165, 1.54) is 6.07 Å². The van der Waals surface area contributed by atoms with Crippen LogP contribution in [0.1, 0.15) is 42.6 Å². The number of imidazole rings is 1. The molecule has 1 aromatic heterocycles. The van der Waals surface area contributed by atoms with Crippen LogP contribution in [0.5, 0.6) is 0 Å². The second kappa shape index (κ2) is 8.56. The Morgan fingerprint density at radius 1 is 1.17 bits per heavy atom. The van der Waals surface area contributed by atoms with Crippen molar-refractivity contribution in [2.24, 2.45) is 0 Å². The van der Waals surface area contributed by atoms with Gasteiger partial charge in [0, 0.05) is 44.3 Å². The second-order valence-electron chi connectivity index (χ2n) is 8.45. The Kier molecular flexibility index (Phi) is 5.86. The number of piperidine rings is 1. The topological polar surface area (TPSA) is 41.4 Å². The van der Waals surface area contributed by atoms with Gasteiger partial charge in [-0.15, -0.1) is 0 Å². The summed E-state index contributed by atoms with van der Waals surface area (Å²) in [6.45, 7) is 7.11. The fraction of sp³-hybridized carbons (Fsp3) is 0.417. The quantitative estimate of drug-likeness (QED) is 0.636. The van der Waals surface area contributed by atoms with E-state index < -0.39 is 0 Å². The Labute approximate surface area is 177 Å². The predicted molar refractivity (Wildman–Crippen MR) is 117 cm³/mol. The molecule has 0 spiro atoms. The minimum atomic E-state index is -0.311. The van der Waals surface area contributed by atoms with E-state index in [4.69, 9.17) is 0 Å². The Balaban J connectivity index is 1.41. The number of benzene rings is 2. The Morgan fingerprint density at radius 3 is 2.53 bits per heavy atom. The van der Waals surface area contributed by atoms with Gasteiger partial charge in [0.25, 0.3) is 5.91 Å². The molecule has 0 atom stereocenters. The van der Waals surface area contributed by atoms with Crippen LogP contribution in [0.4, 0.5) is 4.39 Å². The van der Waals surface area contributed by atoms with Gasteiger partial charge < -0.3 is 14.4 Å². The van der Waals surface area contributed by atoms with Gasteiger partial charge in [-0.05, 0) is 56.5 Å². The molecular formula is C24H29FN4O. The highest BCUT2D eigenvalue weighted by Crippen LogP contribution is 2.20. The van der Waals surface area contributed by atoms with Crippen LogP contribution in [0.25, 0.3) is 11.0 Å². The lowest BCUT2D eigenvalue weighted by Gasteiger charge is -2.38. The van der Waals surface area contributed by atoms with Crippen LogP contribution in [0, 0.1) is 5.82 Å². The van der Waals surface area contributed by atoms with Crippen molar-refractivity contribution in [3.63, 3.8) is 0 Å². The normalized spacial score (nSPS) is 15.8. The first-order chi connectivity index (χ1) is 14.4.